The maximum Gasteiger partial charge on any atom is 0.243 e. The van der Waals surface area contributed by atoms with E-state index in [4.69, 9.17) is 0 Å². The van der Waals surface area contributed by atoms with Crippen LogP contribution in [0.2, 0.25) is 0 Å². The highest BCUT2D eigenvalue weighted by atomic mass is 79.9. The van der Waals surface area contributed by atoms with Crippen molar-refractivity contribution in [1.82, 2.24) is 4.57 Å². The van der Waals surface area contributed by atoms with E-state index in [9.17, 15) is 9.18 Å². The number of ketones is 1. The Bertz CT molecular complexity index is 525. The van der Waals surface area contributed by atoms with Crippen LogP contribution >= 0.6 is 0 Å². The summed E-state index contributed by atoms with van der Waals surface area (Å²) in [5.74, 6) is -0.696. The van der Waals surface area contributed by atoms with Crippen LogP contribution in [0.25, 0.3) is 0 Å². The zero-order valence-electron chi connectivity index (χ0n) is 9.31. The van der Waals surface area contributed by atoms with Crippen LogP contribution < -0.4 is 21.5 Å². The van der Waals surface area contributed by atoms with Gasteiger partial charge in [0.15, 0.2) is 6.54 Å². The van der Waals surface area contributed by atoms with Crippen molar-refractivity contribution < 1.29 is 30.7 Å². The molecule has 0 aliphatic heterocycles. The predicted octanol–water partition coefficient (Wildman–Crippen LogP) is -1.66. The Morgan fingerprint density at radius 2 is 2.12 bits per heavy atom. The molecule has 0 atom stereocenters. The van der Waals surface area contributed by atoms with E-state index >= 15 is 0 Å². The Morgan fingerprint density at radius 3 is 2.71 bits per heavy atom. The molecule has 0 saturated carbocycles. The molecule has 5 heteroatoms. The number of aryl methyl sites for hydroxylation is 1. The normalized spacial score (nSPS) is 9.76. The van der Waals surface area contributed by atoms with Gasteiger partial charge >= 0.3 is 0 Å². The van der Waals surface area contributed by atoms with Crippen molar-refractivity contribution in [2.75, 3.05) is 0 Å². The van der Waals surface area contributed by atoms with Gasteiger partial charge in [0.05, 0.1) is 12.6 Å². The molecule has 0 unspecified atom stereocenters. The lowest BCUT2D eigenvalue weighted by Gasteiger charge is -1.99. The van der Waals surface area contributed by atoms with E-state index < -0.39 is 5.82 Å². The minimum atomic E-state index is -0.468. The molecule has 0 N–H and O–H groups in total. The van der Waals surface area contributed by atoms with Crippen molar-refractivity contribution in [3.63, 3.8) is 0 Å². The second kappa shape index (κ2) is 5.72. The lowest BCUT2D eigenvalue weighted by Crippen LogP contribution is -3.00. The molecule has 0 amide bonds. The van der Waals surface area contributed by atoms with E-state index in [-0.39, 0.29) is 34.9 Å². The van der Waals surface area contributed by atoms with Crippen LogP contribution in [0.5, 0.6) is 0 Å². The second-order valence-corrected chi connectivity index (χ2v) is 3.65. The Kier molecular flexibility index (Phi) is 4.57. The largest absolute Gasteiger partial charge is 1.00 e. The molecule has 0 aliphatic carbocycles. The van der Waals surface area contributed by atoms with E-state index in [1.807, 2.05) is 17.8 Å². The van der Waals surface area contributed by atoms with Crippen LogP contribution in [0, 0.1) is 5.82 Å². The zero-order chi connectivity index (χ0) is 11.5. The molecule has 1 aromatic heterocycles. The Hall–Kier alpha value is -1.49. The summed E-state index contributed by atoms with van der Waals surface area (Å²) in [6, 6.07) is 6.03. The van der Waals surface area contributed by atoms with Crippen molar-refractivity contribution in [3.8, 4) is 0 Å². The number of hydrogen-bond donors (Lipinski definition) is 0. The van der Waals surface area contributed by atoms with E-state index in [0.717, 1.165) is 0 Å². The standard InChI is InChI=1S/C12H12FN2O.BrH/c1-14-6-7-15(9-14)8-12(16)10-4-2-3-5-11(10)13;/h2-7,9H,8H2,1H3;1H/q+1;/p-1. The molecular weight excluding hydrogens is 287 g/mol. The van der Waals surface area contributed by atoms with Crippen molar-refractivity contribution >= 4 is 5.78 Å². The first-order chi connectivity index (χ1) is 7.66. The Labute approximate surface area is 109 Å². The lowest BCUT2D eigenvalue weighted by atomic mass is 10.1. The van der Waals surface area contributed by atoms with Crippen LogP contribution in [0.1, 0.15) is 10.4 Å². The van der Waals surface area contributed by atoms with E-state index in [1.165, 1.54) is 12.1 Å². The highest BCUT2D eigenvalue weighted by molar-refractivity contribution is 5.96. The third kappa shape index (κ3) is 3.23. The molecule has 0 radical (unpaired) electrons. The van der Waals surface area contributed by atoms with Crippen LogP contribution in [-0.2, 0) is 13.6 Å². The third-order valence-electron chi connectivity index (χ3n) is 2.32. The number of halogens is 2. The summed E-state index contributed by atoms with van der Waals surface area (Å²) in [6.07, 6.45) is 5.38. The fourth-order valence-electron chi connectivity index (χ4n) is 1.53. The summed E-state index contributed by atoms with van der Waals surface area (Å²) in [4.78, 5) is 11.8. The number of carbonyl (C=O) groups excluding carboxylic acids is 1. The van der Waals surface area contributed by atoms with Gasteiger partial charge in [0.2, 0.25) is 12.1 Å². The predicted molar refractivity (Wildman–Crippen MR) is 56.3 cm³/mol. The second-order valence-electron chi connectivity index (χ2n) is 3.65. The molecular formula is C12H12BrFN2O. The molecule has 0 fully saturated rings. The van der Waals surface area contributed by atoms with Crippen molar-refractivity contribution in [3.05, 3.63) is 54.4 Å². The molecule has 3 nitrogen and oxygen atoms in total. The summed E-state index contributed by atoms with van der Waals surface area (Å²) in [7, 11) is 1.87. The fraction of sp³-hybridized carbons (Fsp3) is 0.167. The molecule has 0 spiro atoms. The number of nitrogens with zero attached hydrogens (tertiary/aromatic N) is 2. The summed E-state index contributed by atoms with van der Waals surface area (Å²) in [6.45, 7) is 0.155. The molecule has 2 rings (SSSR count). The van der Waals surface area contributed by atoms with Gasteiger partial charge in [-0.1, -0.05) is 12.1 Å². The number of imidazole rings is 1. The average molecular weight is 299 g/mol. The van der Waals surface area contributed by atoms with Crippen LogP contribution in [-0.4, -0.2) is 10.4 Å². The highest BCUT2D eigenvalue weighted by Crippen LogP contribution is 2.08. The first kappa shape index (κ1) is 13.6. The van der Waals surface area contributed by atoms with Crippen LogP contribution in [0.15, 0.2) is 43.0 Å². The maximum absolute atomic E-state index is 13.3. The van der Waals surface area contributed by atoms with Crippen molar-refractivity contribution in [1.29, 1.82) is 0 Å². The monoisotopic (exact) mass is 298 g/mol. The van der Waals surface area contributed by atoms with Gasteiger partial charge in [0.25, 0.3) is 0 Å². The van der Waals surface area contributed by atoms with Crippen molar-refractivity contribution in [2.45, 2.75) is 6.54 Å². The molecule has 90 valence electrons. The summed E-state index contributed by atoms with van der Waals surface area (Å²) >= 11 is 0. The minimum Gasteiger partial charge on any atom is -1.00 e. The smallest absolute Gasteiger partial charge is 0.243 e. The van der Waals surface area contributed by atoms with Gasteiger partial charge in [-0.05, 0) is 12.1 Å². The highest BCUT2D eigenvalue weighted by Gasteiger charge is 2.14. The van der Waals surface area contributed by atoms with Crippen molar-refractivity contribution in [2.24, 2.45) is 7.05 Å². The molecule has 1 aromatic carbocycles. The number of hydrogen-bond acceptors (Lipinski definition) is 1. The fourth-order valence-corrected chi connectivity index (χ4v) is 1.53. The Balaban J connectivity index is 0.00000144. The van der Waals surface area contributed by atoms with Crippen LogP contribution in [0.4, 0.5) is 4.39 Å². The summed E-state index contributed by atoms with van der Waals surface area (Å²) in [5.41, 5.74) is 0.138. The topological polar surface area (TPSA) is 25.9 Å². The number of benzene rings is 1. The first-order valence-electron chi connectivity index (χ1n) is 4.95. The number of Topliss-reactive ketones (excluding diaryl/α,β-unsaturated/α-hetero) is 1. The van der Waals surface area contributed by atoms with E-state index in [2.05, 4.69) is 0 Å². The lowest BCUT2D eigenvalue weighted by molar-refractivity contribution is -0.671. The summed E-state index contributed by atoms with van der Waals surface area (Å²) in [5, 5.41) is 0. The average Bonchev–Trinajstić information content (AvgIpc) is 2.64. The van der Waals surface area contributed by atoms with Gasteiger partial charge in [-0.15, -0.1) is 0 Å². The quantitative estimate of drug-likeness (QED) is 0.492. The van der Waals surface area contributed by atoms with E-state index in [0.29, 0.717) is 0 Å². The molecule has 0 bridgehead atoms. The molecule has 2 aromatic rings. The number of rotatable bonds is 3. The zero-order valence-corrected chi connectivity index (χ0v) is 10.9. The SMILES string of the molecule is C[n+]1ccn(CC(=O)c2ccccc2F)c1.[Br-]. The summed E-state index contributed by atoms with van der Waals surface area (Å²) < 4.78 is 16.9. The van der Waals surface area contributed by atoms with Gasteiger partial charge in [-0.25, -0.2) is 13.5 Å². The maximum atomic E-state index is 13.3. The van der Waals surface area contributed by atoms with Gasteiger partial charge < -0.3 is 17.0 Å². The van der Waals surface area contributed by atoms with Gasteiger partial charge in [-0.3, -0.25) is 4.79 Å². The molecule has 0 aliphatic rings. The van der Waals surface area contributed by atoms with E-state index in [1.54, 1.807) is 29.2 Å². The Morgan fingerprint density at radius 1 is 1.41 bits per heavy atom. The van der Waals surface area contributed by atoms with Gasteiger partial charge in [0.1, 0.15) is 18.2 Å². The van der Waals surface area contributed by atoms with Gasteiger partial charge in [-0.2, -0.15) is 0 Å². The number of aromatic nitrogens is 2. The molecule has 0 saturated heterocycles. The van der Waals surface area contributed by atoms with Crippen LogP contribution in [0.3, 0.4) is 0 Å². The van der Waals surface area contributed by atoms with Gasteiger partial charge in [0, 0.05) is 0 Å². The molecule has 17 heavy (non-hydrogen) atoms. The third-order valence-corrected chi connectivity index (χ3v) is 2.32. The molecule has 1 heterocycles. The first-order valence-corrected chi connectivity index (χ1v) is 4.95. The number of carbonyl (C=O) groups is 1. The minimum absolute atomic E-state index is 0.